The Balaban J connectivity index is 1.50. The lowest BCUT2D eigenvalue weighted by atomic mass is 10.0. The van der Waals surface area contributed by atoms with Crippen LogP contribution in [0.25, 0.3) is 17.6 Å². The molecule has 4 aromatic rings. The van der Waals surface area contributed by atoms with E-state index in [1.807, 2.05) is 0 Å². The Kier molecular flexibility index (Phi) is 6.74. The largest absolute Gasteiger partial charge is 0.434 e. The molecule has 39 heavy (non-hydrogen) atoms. The Morgan fingerprint density at radius 2 is 1.95 bits per heavy atom. The van der Waals surface area contributed by atoms with Crippen LogP contribution in [0.3, 0.4) is 0 Å². The zero-order valence-corrected chi connectivity index (χ0v) is 20.9. The fourth-order valence-electron chi connectivity index (χ4n) is 4.19. The molecule has 1 amide bonds. The lowest BCUT2D eigenvalue weighted by molar-refractivity contribution is -0.143. The summed E-state index contributed by atoms with van der Waals surface area (Å²) in [4.78, 5) is 34.1. The molecule has 1 aliphatic heterocycles. The van der Waals surface area contributed by atoms with Crippen molar-refractivity contribution in [2.75, 3.05) is 11.9 Å². The highest BCUT2D eigenvalue weighted by molar-refractivity contribution is 6.32. The van der Waals surface area contributed by atoms with Crippen molar-refractivity contribution in [3.8, 4) is 11.5 Å². The van der Waals surface area contributed by atoms with Crippen LogP contribution in [-0.2, 0) is 15.7 Å². The van der Waals surface area contributed by atoms with Gasteiger partial charge >= 0.3 is 6.18 Å². The van der Waals surface area contributed by atoms with E-state index in [2.05, 4.69) is 37.2 Å². The van der Waals surface area contributed by atoms with E-state index in [1.54, 1.807) is 6.92 Å². The normalized spacial score (nSPS) is 15.5. The molecule has 5 rings (SSSR count). The quantitative estimate of drug-likeness (QED) is 0.373. The molecule has 4 aromatic heterocycles. The molecular formula is C24H18ClF3N8O3. The summed E-state index contributed by atoms with van der Waals surface area (Å²) >= 11 is 6.20. The molecule has 1 saturated heterocycles. The number of Topliss-reactive ketones (excluding diaryl/α,β-unsaturated/α-hetero) is 1. The Labute approximate surface area is 223 Å². The lowest BCUT2D eigenvalue weighted by Crippen LogP contribution is -2.21. The number of amides is 1. The standard InChI is InChI=1S/C24H18ClF3N8O3/c1-3-15-12(2)18(10-29-20(15)19-7-14(37)11-39-19)35-21(24(26,27)28)16(9-33-35)23(38)34-13-6-17(25)22(30-8-13)36-31-4-5-32-36/h3-6,8-10,19H,1,7,11H2,2H3,(H,34,38)/t19-/m1/s1. The highest BCUT2D eigenvalue weighted by atomic mass is 35.5. The summed E-state index contributed by atoms with van der Waals surface area (Å²) in [7, 11) is 0. The Morgan fingerprint density at radius 3 is 2.56 bits per heavy atom. The van der Waals surface area contributed by atoms with E-state index in [4.69, 9.17) is 16.3 Å². The van der Waals surface area contributed by atoms with Gasteiger partial charge in [-0.3, -0.25) is 14.6 Å². The molecule has 15 heteroatoms. The number of aromatic nitrogens is 7. The number of carbonyl (C=O) groups is 2. The molecule has 11 nitrogen and oxygen atoms in total. The first-order valence-electron chi connectivity index (χ1n) is 11.3. The van der Waals surface area contributed by atoms with Crippen molar-refractivity contribution >= 4 is 35.1 Å². The van der Waals surface area contributed by atoms with Crippen LogP contribution in [-0.4, -0.2) is 53.0 Å². The maximum atomic E-state index is 14.3. The third-order valence-corrected chi connectivity index (χ3v) is 6.23. The predicted molar refractivity (Wildman–Crippen MR) is 132 cm³/mol. The number of ether oxygens (including phenoxy) is 1. The second-order valence-corrected chi connectivity index (χ2v) is 8.84. The first kappa shape index (κ1) is 26.2. The maximum absolute atomic E-state index is 14.3. The maximum Gasteiger partial charge on any atom is 0.434 e. The summed E-state index contributed by atoms with van der Waals surface area (Å²) in [5.41, 5.74) is -0.865. The average Bonchev–Trinajstić information content (AvgIpc) is 3.64. The van der Waals surface area contributed by atoms with E-state index >= 15 is 0 Å². The van der Waals surface area contributed by atoms with Crippen molar-refractivity contribution in [1.82, 2.24) is 34.7 Å². The molecular weight excluding hydrogens is 541 g/mol. The fourth-order valence-corrected chi connectivity index (χ4v) is 4.43. The third-order valence-electron chi connectivity index (χ3n) is 5.96. The lowest BCUT2D eigenvalue weighted by Gasteiger charge is -2.18. The van der Waals surface area contributed by atoms with Crippen LogP contribution in [0.2, 0.25) is 5.02 Å². The zero-order chi connectivity index (χ0) is 27.9. The van der Waals surface area contributed by atoms with Crippen molar-refractivity contribution in [3.05, 3.63) is 76.7 Å². The van der Waals surface area contributed by atoms with Gasteiger partial charge in [0, 0.05) is 12.0 Å². The van der Waals surface area contributed by atoms with Gasteiger partial charge in [0.05, 0.1) is 58.6 Å². The summed E-state index contributed by atoms with van der Waals surface area (Å²) < 4.78 is 48.9. The molecule has 0 bridgehead atoms. The van der Waals surface area contributed by atoms with Crippen LogP contribution in [0.15, 0.2) is 43.6 Å². The molecule has 0 radical (unpaired) electrons. The van der Waals surface area contributed by atoms with Crippen LogP contribution < -0.4 is 5.32 Å². The fraction of sp³-hybridized carbons (Fsp3) is 0.208. The van der Waals surface area contributed by atoms with Gasteiger partial charge in [-0.05, 0) is 18.6 Å². The van der Waals surface area contributed by atoms with Gasteiger partial charge in [-0.2, -0.15) is 28.5 Å². The second-order valence-electron chi connectivity index (χ2n) is 8.43. The van der Waals surface area contributed by atoms with Crippen molar-refractivity contribution in [3.63, 3.8) is 0 Å². The predicted octanol–water partition coefficient (Wildman–Crippen LogP) is 4.15. The van der Waals surface area contributed by atoms with E-state index in [1.165, 1.54) is 36.9 Å². The van der Waals surface area contributed by atoms with Crippen molar-refractivity contribution in [2.45, 2.75) is 25.6 Å². The number of alkyl halides is 3. The molecule has 0 spiro atoms. The van der Waals surface area contributed by atoms with Gasteiger partial charge in [0.2, 0.25) is 0 Å². The molecule has 1 aliphatic rings. The number of hydrogen-bond donors (Lipinski definition) is 1. The summed E-state index contributed by atoms with van der Waals surface area (Å²) in [6.45, 7) is 5.24. The molecule has 0 unspecified atom stereocenters. The first-order valence-corrected chi connectivity index (χ1v) is 11.7. The number of hydrogen-bond acceptors (Lipinski definition) is 8. The van der Waals surface area contributed by atoms with Crippen LogP contribution in [0.4, 0.5) is 18.9 Å². The van der Waals surface area contributed by atoms with Crippen molar-refractivity contribution < 1.29 is 27.5 Å². The van der Waals surface area contributed by atoms with E-state index in [0.29, 0.717) is 21.5 Å². The molecule has 0 aromatic carbocycles. The van der Waals surface area contributed by atoms with Gasteiger partial charge in [-0.1, -0.05) is 24.3 Å². The second kappa shape index (κ2) is 10.0. The SMILES string of the molecule is C=Cc1c([C@H]2CC(=O)CO2)ncc(-n2ncc(C(=O)Nc3cnc(-n4nccn4)c(Cl)c3)c2C(F)(F)F)c1C. The molecule has 5 heterocycles. The number of halogens is 4. The van der Waals surface area contributed by atoms with Crippen molar-refractivity contribution in [2.24, 2.45) is 0 Å². The minimum Gasteiger partial charge on any atom is -0.364 e. The van der Waals surface area contributed by atoms with E-state index < -0.39 is 29.4 Å². The molecule has 0 aliphatic carbocycles. The summed E-state index contributed by atoms with van der Waals surface area (Å²) in [6, 6.07) is 1.31. The number of carbonyl (C=O) groups excluding carboxylic acids is 2. The number of nitrogens with one attached hydrogen (secondary N) is 1. The van der Waals surface area contributed by atoms with Gasteiger partial charge in [0.25, 0.3) is 5.91 Å². The van der Waals surface area contributed by atoms with Gasteiger partial charge in [-0.25, -0.2) is 9.67 Å². The highest BCUT2D eigenvalue weighted by Crippen LogP contribution is 2.37. The number of ketones is 1. The van der Waals surface area contributed by atoms with Gasteiger partial charge < -0.3 is 10.1 Å². The minimum atomic E-state index is -4.96. The third kappa shape index (κ3) is 4.91. The minimum absolute atomic E-state index is 0.0230. The van der Waals surface area contributed by atoms with Gasteiger partial charge in [0.15, 0.2) is 17.3 Å². The van der Waals surface area contributed by atoms with Gasteiger partial charge in [-0.15, -0.1) is 4.80 Å². The molecule has 1 fully saturated rings. The summed E-state index contributed by atoms with van der Waals surface area (Å²) in [5.74, 6) is -1.02. The van der Waals surface area contributed by atoms with E-state index in [9.17, 15) is 22.8 Å². The van der Waals surface area contributed by atoms with Gasteiger partial charge in [0.1, 0.15) is 12.7 Å². The first-order chi connectivity index (χ1) is 18.6. The molecule has 0 saturated carbocycles. The van der Waals surface area contributed by atoms with E-state index in [0.717, 1.165) is 11.0 Å². The van der Waals surface area contributed by atoms with Crippen LogP contribution in [0.1, 0.15) is 45.4 Å². The van der Waals surface area contributed by atoms with E-state index in [-0.39, 0.29) is 41.0 Å². The van der Waals surface area contributed by atoms with Crippen molar-refractivity contribution in [1.29, 1.82) is 0 Å². The smallest absolute Gasteiger partial charge is 0.364 e. The monoisotopic (exact) mass is 558 g/mol. The number of rotatable bonds is 6. The Bertz CT molecular complexity index is 1600. The summed E-state index contributed by atoms with van der Waals surface area (Å²) in [5, 5.41) is 14.1. The van der Waals surface area contributed by atoms with Crippen LogP contribution in [0.5, 0.6) is 0 Å². The Morgan fingerprint density at radius 1 is 1.21 bits per heavy atom. The van der Waals surface area contributed by atoms with Crippen LogP contribution >= 0.6 is 11.6 Å². The highest BCUT2D eigenvalue weighted by Gasteiger charge is 2.41. The molecule has 1 atom stereocenters. The zero-order valence-electron chi connectivity index (χ0n) is 20.1. The number of pyridine rings is 2. The Hall–Kier alpha value is -4.43. The van der Waals surface area contributed by atoms with Crippen LogP contribution in [0, 0.1) is 6.92 Å². The topological polar surface area (TPSA) is 130 Å². The summed E-state index contributed by atoms with van der Waals surface area (Å²) in [6.07, 6.45) is 1.98. The number of nitrogens with zero attached hydrogens (tertiary/aromatic N) is 7. The number of anilines is 1. The average molecular weight is 559 g/mol. The molecule has 200 valence electrons. The molecule has 1 N–H and O–H groups in total.